The van der Waals surface area contributed by atoms with Crippen LogP contribution >= 0.6 is 0 Å². The molecule has 1 aliphatic heterocycles. The van der Waals surface area contributed by atoms with E-state index in [4.69, 9.17) is 4.98 Å². The number of carbonyl (C=O) groups excluding carboxylic acids is 3. The number of aromatic nitrogens is 3. The molecule has 5 N–H and O–H groups in total. The number of nitrogens with zero attached hydrogens (tertiary/aromatic N) is 4. The Morgan fingerprint density at radius 2 is 1.74 bits per heavy atom. The molecule has 0 spiro atoms. The summed E-state index contributed by atoms with van der Waals surface area (Å²) in [5, 5.41) is 19.3. The molecule has 0 unspecified atom stereocenters. The maximum Gasteiger partial charge on any atom is 0.326 e. The van der Waals surface area contributed by atoms with Gasteiger partial charge in [-0.05, 0) is 44.6 Å². The van der Waals surface area contributed by atoms with Crippen molar-refractivity contribution in [2.24, 2.45) is 0 Å². The van der Waals surface area contributed by atoms with E-state index in [2.05, 4.69) is 31.7 Å². The van der Waals surface area contributed by atoms with Gasteiger partial charge in [-0.3, -0.25) is 10.1 Å². The molecular formula is C22H29N9O3. The van der Waals surface area contributed by atoms with E-state index in [-0.39, 0.29) is 23.8 Å². The lowest BCUT2D eigenvalue weighted by Crippen LogP contribution is -2.44. The van der Waals surface area contributed by atoms with Crippen molar-refractivity contribution in [3.05, 3.63) is 23.5 Å². The minimum Gasteiger partial charge on any atom is -0.367 e. The molecule has 0 bridgehead atoms. The predicted molar refractivity (Wildman–Crippen MR) is 126 cm³/mol. The Bertz CT molecular complexity index is 1160. The number of imide groups is 1. The lowest BCUT2D eigenvalue weighted by atomic mass is 9.91. The summed E-state index contributed by atoms with van der Waals surface area (Å²) in [7, 11) is 3.48. The number of amides is 5. The third kappa shape index (κ3) is 4.75. The summed E-state index contributed by atoms with van der Waals surface area (Å²) in [6.45, 7) is 0. The van der Waals surface area contributed by atoms with Crippen LogP contribution in [0.4, 0.5) is 21.2 Å². The van der Waals surface area contributed by atoms with Crippen LogP contribution in [0, 0.1) is 0 Å². The molecule has 5 rings (SSSR count). The van der Waals surface area contributed by atoms with Crippen LogP contribution in [0.25, 0.3) is 11.7 Å². The molecular weight excluding hydrogens is 438 g/mol. The highest BCUT2D eigenvalue weighted by molar-refractivity contribution is 6.14. The van der Waals surface area contributed by atoms with Crippen LogP contribution in [0.1, 0.15) is 44.1 Å². The second-order valence-corrected chi connectivity index (χ2v) is 9.28. The average molecular weight is 468 g/mol. The van der Waals surface area contributed by atoms with Crippen molar-refractivity contribution in [1.29, 1.82) is 0 Å². The first kappa shape index (κ1) is 22.0. The van der Waals surface area contributed by atoms with E-state index < -0.39 is 11.9 Å². The molecule has 3 heterocycles. The summed E-state index contributed by atoms with van der Waals surface area (Å²) in [4.78, 5) is 41.7. The number of nitrogens with one attached hydrogen (secondary N) is 5. The number of hydrogen-bond acceptors (Lipinski definition) is 7. The molecule has 2 aromatic heterocycles. The van der Waals surface area contributed by atoms with E-state index >= 15 is 0 Å². The van der Waals surface area contributed by atoms with Crippen molar-refractivity contribution < 1.29 is 14.4 Å². The Kier molecular flexibility index (Phi) is 5.72. The van der Waals surface area contributed by atoms with Crippen molar-refractivity contribution in [3.63, 3.8) is 0 Å². The highest BCUT2D eigenvalue weighted by Gasteiger charge is 2.27. The number of rotatable bonds is 6. The average Bonchev–Trinajstić information content (AvgIpc) is 3.43. The number of carbonyl (C=O) groups is 3. The minimum absolute atomic E-state index is 0.0613. The molecule has 12 heteroatoms. The predicted octanol–water partition coefficient (Wildman–Crippen LogP) is 1.48. The van der Waals surface area contributed by atoms with E-state index in [1.807, 2.05) is 6.07 Å². The van der Waals surface area contributed by atoms with E-state index in [0.717, 1.165) is 50.2 Å². The van der Waals surface area contributed by atoms with Crippen molar-refractivity contribution in [1.82, 2.24) is 35.4 Å². The largest absolute Gasteiger partial charge is 0.367 e. The molecule has 3 fully saturated rings. The van der Waals surface area contributed by atoms with Crippen LogP contribution in [0.2, 0.25) is 0 Å². The van der Waals surface area contributed by atoms with Gasteiger partial charge in [-0.25, -0.2) is 14.6 Å². The highest BCUT2D eigenvalue weighted by Crippen LogP contribution is 2.29. The van der Waals surface area contributed by atoms with Crippen molar-refractivity contribution in [2.45, 2.75) is 56.7 Å². The molecule has 2 aromatic rings. The Morgan fingerprint density at radius 1 is 1.06 bits per heavy atom. The molecule has 0 atom stereocenters. The first-order chi connectivity index (χ1) is 16.4. The smallest absolute Gasteiger partial charge is 0.326 e. The Balaban J connectivity index is 1.35. The molecule has 5 amide bonds. The molecule has 1 saturated heterocycles. The number of urea groups is 2. The summed E-state index contributed by atoms with van der Waals surface area (Å²) in [5.74, 6) is 1.07. The van der Waals surface area contributed by atoms with Gasteiger partial charge < -0.3 is 26.2 Å². The summed E-state index contributed by atoms with van der Waals surface area (Å²) < 4.78 is 1.72. The van der Waals surface area contributed by atoms with Gasteiger partial charge >= 0.3 is 12.1 Å². The standard InChI is InChI=1S/C22H29N9O3/c1-30(2)22(34)26-15-7-3-13(4-8-15)24-17-10-18(25-14-5-6-14)31-19(28-17)12(11-23-31)9-16-20(32)29-21(33)27-16/h9-11,13-15,25H,3-8H2,1-2H3,(H,24,28)(H,26,34)(H2,27,29,32,33)/b16-9-/t13-,15-. The van der Waals surface area contributed by atoms with Crippen molar-refractivity contribution in [2.75, 3.05) is 24.7 Å². The quantitative estimate of drug-likeness (QED) is 0.320. The molecule has 34 heavy (non-hydrogen) atoms. The topological polar surface area (TPSA) is 145 Å². The van der Waals surface area contributed by atoms with Gasteiger partial charge in [-0.2, -0.15) is 9.61 Å². The summed E-state index contributed by atoms with van der Waals surface area (Å²) >= 11 is 0. The normalized spacial score (nSPS) is 23.5. The first-order valence-electron chi connectivity index (χ1n) is 11.6. The third-order valence-electron chi connectivity index (χ3n) is 6.26. The van der Waals surface area contributed by atoms with Crippen LogP contribution in [0.15, 0.2) is 18.0 Å². The van der Waals surface area contributed by atoms with Gasteiger partial charge in [-0.1, -0.05) is 0 Å². The zero-order valence-electron chi connectivity index (χ0n) is 19.2. The second-order valence-electron chi connectivity index (χ2n) is 9.28. The maximum atomic E-state index is 12.0. The zero-order valence-corrected chi connectivity index (χ0v) is 19.2. The molecule has 0 radical (unpaired) electrons. The first-order valence-corrected chi connectivity index (χ1v) is 11.6. The Hall–Kier alpha value is -3.83. The fourth-order valence-corrected chi connectivity index (χ4v) is 4.23. The molecule has 2 aliphatic carbocycles. The van der Waals surface area contributed by atoms with Gasteiger partial charge in [0.15, 0.2) is 5.65 Å². The van der Waals surface area contributed by atoms with E-state index in [1.54, 1.807) is 35.8 Å². The van der Waals surface area contributed by atoms with E-state index in [1.165, 1.54) is 0 Å². The minimum atomic E-state index is -0.545. The lowest BCUT2D eigenvalue weighted by molar-refractivity contribution is -0.115. The lowest BCUT2D eigenvalue weighted by Gasteiger charge is -2.30. The number of hydrogen-bond donors (Lipinski definition) is 5. The number of fused-ring (bicyclic) bond motifs is 1. The maximum absolute atomic E-state index is 12.0. The fraction of sp³-hybridized carbons (Fsp3) is 0.500. The van der Waals surface area contributed by atoms with Gasteiger partial charge in [0.05, 0.1) is 6.20 Å². The molecule has 0 aromatic carbocycles. The van der Waals surface area contributed by atoms with Crippen molar-refractivity contribution in [3.8, 4) is 0 Å². The SMILES string of the molecule is CN(C)C(=O)N[C@H]1CC[C@H](Nc2cc(NC3CC3)n3ncc(/C=C4\NC(=O)NC4=O)c3n2)CC1. The summed E-state index contributed by atoms with van der Waals surface area (Å²) in [6.07, 6.45) is 9.06. The van der Waals surface area contributed by atoms with Crippen LogP contribution in [0.3, 0.4) is 0 Å². The summed E-state index contributed by atoms with van der Waals surface area (Å²) in [5.41, 5.74) is 1.38. The monoisotopic (exact) mass is 467 g/mol. The van der Waals surface area contributed by atoms with Crippen LogP contribution in [0.5, 0.6) is 0 Å². The molecule has 2 saturated carbocycles. The van der Waals surface area contributed by atoms with Gasteiger partial charge in [0.25, 0.3) is 5.91 Å². The van der Waals surface area contributed by atoms with E-state index in [0.29, 0.717) is 17.3 Å². The van der Waals surface area contributed by atoms with Gasteiger partial charge in [0, 0.05) is 43.9 Å². The Labute approximate surface area is 196 Å². The number of anilines is 2. The second kappa shape index (κ2) is 8.84. The van der Waals surface area contributed by atoms with Crippen LogP contribution in [-0.4, -0.2) is 69.7 Å². The zero-order chi connectivity index (χ0) is 23.8. The van der Waals surface area contributed by atoms with Crippen molar-refractivity contribution >= 4 is 41.3 Å². The van der Waals surface area contributed by atoms with Gasteiger partial charge in [0.1, 0.15) is 17.3 Å². The molecule has 3 aliphatic rings. The molecule has 12 nitrogen and oxygen atoms in total. The third-order valence-corrected chi connectivity index (χ3v) is 6.26. The van der Waals surface area contributed by atoms with E-state index in [9.17, 15) is 14.4 Å². The van der Waals surface area contributed by atoms with Gasteiger partial charge in [0.2, 0.25) is 0 Å². The molecule has 180 valence electrons. The Morgan fingerprint density at radius 3 is 2.38 bits per heavy atom. The van der Waals surface area contributed by atoms with Gasteiger partial charge in [-0.15, -0.1) is 0 Å². The van der Waals surface area contributed by atoms with Crippen LogP contribution in [-0.2, 0) is 4.79 Å². The fourth-order valence-electron chi connectivity index (χ4n) is 4.23. The highest BCUT2D eigenvalue weighted by atomic mass is 16.2. The summed E-state index contributed by atoms with van der Waals surface area (Å²) in [6, 6.07) is 2.18. The van der Waals surface area contributed by atoms with Crippen LogP contribution < -0.4 is 26.6 Å².